The Morgan fingerprint density at radius 1 is 1.16 bits per heavy atom. The molecule has 6 nitrogen and oxygen atoms in total. The Morgan fingerprint density at radius 2 is 1.88 bits per heavy atom. The van der Waals surface area contributed by atoms with Crippen LogP contribution in [0.3, 0.4) is 0 Å². The summed E-state index contributed by atoms with van der Waals surface area (Å²) >= 11 is 1.25. The van der Waals surface area contributed by atoms with E-state index >= 15 is 0 Å². The number of nitrogens with one attached hydrogen (secondary N) is 1. The number of Topliss-reactive ketones (excluding diaryl/α,β-unsaturated/α-hetero) is 1. The van der Waals surface area contributed by atoms with Crippen molar-refractivity contribution >= 4 is 29.1 Å². The van der Waals surface area contributed by atoms with E-state index in [4.69, 9.17) is 9.57 Å². The minimum absolute atomic E-state index is 0.210. The van der Waals surface area contributed by atoms with Gasteiger partial charge in [-0.1, -0.05) is 23.8 Å². The number of carbonyl (C=O) groups is 3. The molecule has 25 heavy (non-hydrogen) atoms. The lowest BCUT2D eigenvalue weighted by Crippen LogP contribution is -2.40. The second-order valence-corrected chi connectivity index (χ2v) is 6.22. The Hall–Kier alpha value is -2.51. The van der Waals surface area contributed by atoms with Crippen LogP contribution in [-0.4, -0.2) is 30.4 Å². The van der Waals surface area contributed by atoms with Crippen molar-refractivity contribution in [3.05, 3.63) is 57.8 Å². The number of hydrogen-bond acceptors (Lipinski definition) is 7. The molecule has 0 aliphatic rings. The zero-order valence-electron chi connectivity index (χ0n) is 14.0. The predicted molar refractivity (Wildman–Crippen MR) is 93.4 cm³/mol. The maximum absolute atomic E-state index is 12.5. The summed E-state index contributed by atoms with van der Waals surface area (Å²) in [6.45, 7) is 3.79. The molecular weight excluding hydrogens is 342 g/mol. The number of hydrogen-bond donors (Lipinski definition) is 1. The molecule has 132 valence electrons. The van der Waals surface area contributed by atoms with Crippen LogP contribution in [0.2, 0.25) is 0 Å². The lowest BCUT2D eigenvalue weighted by Gasteiger charge is -2.15. The number of carbonyl (C=O) groups excluding carboxylic acids is 3. The fraction of sp³-hybridized carbons (Fsp3) is 0.278. The number of thiophene rings is 1. The van der Waals surface area contributed by atoms with E-state index in [-0.39, 0.29) is 18.8 Å². The lowest BCUT2D eigenvalue weighted by atomic mass is 10.1. The van der Waals surface area contributed by atoms with E-state index in [0.29, 0.717) is 10.4 Å². The monoisotopic (exact) mass is 361 g/mol. The van der Waals surface area contributed by atoms with Crippen LogP contribution in [0.15, 0.2) is 41.8 Å². The second kappa shape index (κ2) is 9.10. The Bertz CT molecular complexity index is 724. The highest BCUT2D eigenvalue weighted by atomic mass is 32.1. The zero-order chi connectivity index (χ0) is 18.2. The molecule has 1 heterocycles. The third-order valence-corrected chi connectivity index (χ3v) is 4.22. The number of rotatable bonds is 8. The van der Waals surface area contributed by atoms with E-state index in [2.05, 4.69) is 5.48 Å². The van der Waals surface area contributed by atoms with Crippen LogP contribution in [0.25, 0.3) is 0 Å². The molecule has 0 radical (unpaired) electrons. The second-order valence-electron chi connectivity index (χ2n) is 5.28. The molecule has 1 aromatic heterocycles. The first-order chi connectivity index (χ1) is 12.0. The molecule has 0 aliphatic heterocycles. The molecule has 1 unspecified atom stereocenters. The van der Waals surface area contributed by atoms with Gasteiger partial charge in [0.15, 0.2) is 5.78 Å². The summed E-state index contributed by atoms with van der Waals surface area (Å²) in [4.78, 5) is 41.8. The summed E-state index contributed by atoms with van der Waals surface area (Å²) < 4.78 is 4.88. The van der Waals surface area contributed by atoms with Crippen molar-refractivity contribution in [2.75, 3.05) is 6.61 Å². The van der Waals surface area contributed by atoms with Gasteiger partial charge in [-0.15, -0.1) is 16.8 Å². The van der Waals surface area contributed by atoms with E-state index < -0.39 is 18.0 Å². The van der Waals surface area contributed by atoms with Crippen molar-refractivity contribution in [2.45, 2.75) is 26.3 Å². The van der Waals surface area contributed by atoms with E-state index in [0.717, 1.165) is 5.56 Å². The third kappa shape index (κ3) is 5.51. The summed E-state index contributed by atoms with van der Waals surface area (Å²) in [5.74, 6) is -1.51. The van der Waals surface area contributed by atoms with Crippen molar-refractivity contribution in [3.63, 3.8) is 0 Å². The number of ketones is 1. The van der Waals surface area contributed by atoms with Gasteiger partial charge in [0.2, 0.25) is 0 Å². The van der Waals surface area contributed by atoms with Gasteiger partial charge in [-0.05, 0) is 37.4 Å². The summed E-state index contributed by atoms with van der Waals surface area (Å²) in [6.07, 6.45) is -0.230. The minimum Gasteiger partial charge on any atom is -0.466 e. The number of aryl methyl sites for hydroxylation is 1. The summed E-state index contributed by atoms with van der Waals surface area (Å²) in [5.41, 5.74) is 3.77. The summed E-state index contributed by atoms with van der Waals surface area (Å²) in [6, 6.07) is 9.19. The fourth-order valence-corrected chi connectivity index (χ4v) is 2.76. The fourth-order valence-electron chi connectivity index (χ4n) is 2.04. The topological polar surface area (TPSA) is 81.7 Å². The Morgan fingerprint density at radius 3 is 2.48 bits per heavy atom. The summed E-state index contributed by atoms with van der Waals surface area (Å²) in [7, 11) is 0. The van der Waals surface area contributed by atoms with Gasteiger partial charge < -0.3 is 9.57 Å². The molecule has 1 N–H and O–H groups in total. The van der Waals surface area contributed by atoms with Gasteiger partial charge in [0.25, 0.3) is 0 Å². The Balaban J connectivity index is 2.04. The molecule has 1 atom stereocenters. The van der Waals surface area contributed by atoms with Gasteiger partial charge in [-0.25, -0.2) is 4.79 Å². The molecule has 2 rings (SSSR count). The van der Waals surface area contributed by atoms with Crippen molar-refractivity contribution in [3.8, 4) is 0 Å². The van der Waals surface area contributed by atoms with Crippen molar-refractivity contribution in [1.29, 1.82) is 0 Å². The highest BCUT2D eigenvalue weighted by Crippen LogP contribution is 2.14. The number of esters is 1. The van der Waals surface area contributed by atoms with Crippen molar-refractivity contribution < 1.29 is 24.0 Å². The largest absolute Gasteiger partial charge is 0.466 e. The van der Waals surface area contributed by atoms with Crippen LogP contribution in [0.5, 0.6) is 0 Å². The molecular formula is C18H19NO5S. The van der Waals surface area contributed by atoms with Crippen LogP contribution in [-0.2, 0) is 14.4 Å². The van der Waals surface area contributed by atoms with Gasteiger partial charge in [0.05, 0.1) is 23.5 Å². The molecule has 0 bridgehead atoms. The minimum atomic E-state index is -1.01. The first-order valence-corrected chi connectivity index (χ1v) is 8.66. The van der Waals surface area contributed by atoms with Crippen LogP contribution >= 0.6 is 11.3 Å². The van der Waals surface area contributed by atoms with E-state index in [1.54, 1.807) is 48.7 Å². The van der Waals surface area contributed by atoms with E-state index in [1.807, 2.05) is 6.92 Å². The van der Waals surface area contributed by atoms with Gasteiger partial charge in [0, 0.05) is 0 Å². The first-order valence-electron chi connectivity index (χ1n) is 7.78. The Kier molecular flexibility index (Phi) is 6.85. The van der Waals surface area contributed by atoms with Gasteiger partial charge in [-0.2, -0.15) is 0 Å². The average Bonchev–Trinajstić information content (AvgIpc) is 3.13. The molecule has 2 aromatic rings. The normalized spacial score (nSPS) is 11.6. The lowest BCUT2D eigenvalue weighted by molar-refractivity contribution is -0.144. The molecule has 0 spiro atoms. The van der Waals surface area contributed by atoms with Crippen LogP contribution in [0.1, 0.15) is 38.9 Å². The van der Waals surface area contributed by atoms with E-state index in [9.17, 15) is 14.4 Å². The maximum atomic E-state index is 12.5. The zero-order valence-corrected chi connectivity index (χ0v) is 14.8. The quantitative estimate of drug-likeness (QED) is 0.442. The molecule has 0 aliphatic carbocycles. The highest BCUT2D eigenvalue weighted by molar-refractivity contribution is 7.12. The summed E-state index contributed by atoms with van der Waals surface area (Å²) in [5, 5.41) is 1.76. The molecule has 7 heteroatoms. The first kappa shape index (κ1) is 18.8. The maximum Gasteiger partial charge on any atom is 0.356 e. The predicted octanol–water partition coefficient (Wildman–Crippen LogP) is 2.92. The smallest absolute Gasteiger partial charge is 0.356 e. The standard InChI is InChI=1S/C18H19NO5S/c1-3-23-16(20)11-14(17(21)15-5-4-10-25-15)19-24-18(22)13-8-6-12(2)7-9-13/h4-10,14,19H,3,11H2,1-2H3. The Labute approximate surface area is 149 Å². The van der Waals surface area contributed by atoms with Crippen LogP contribution < -0.4 is 5.48 Å². The van der Waals surface area contributed by atoms with E-state index in [1.165, 1.54) is 11.3 Å². The molecule has 0 saturated heterocycles. The third-order valence-electron chi connectivity index (χ3n) is 3.34. The number of ether oxygens (including phenoxy) is 1. The number of hydroxylamine groups is 1. The average molecular weight is 361 g/mol. The van der Waals surface area contributed by atoms with Crippen molar-refractivity contribution in [2.24, 2.45) is 0 Å². The molecule has 1 aromatic carbocycles. The van der Waals surface area contributed by atoms with Gasteiger partial charge in [-0.3, -0.25) is 9.59 Å². The molecule has 0 saturated carbocycles. The van der Waals surface area contributed by atoms with Gasteiger partial charge >= 0.3 is 11.9 Å². The number of benzene rings is 1. The molecule has 0 fully saturated rings. The SMILES string of the molecule is CCOC(=O)CC(NOC(=O)c1ccc(C)cc1)C(=O)c1cccs1. The van der Waals surface area contributed by atoms with Crippen LogP contribution in [0, 0.1) is 6.92 Å². The van der Waals surface area contributed by atoms with Crippen molar-refractivity contribution in [1.82, 2.24) is 5.48 Å². The molecule has 0 amide bonds. The highest BCUT2D eigenvalue weighted by Gasteiger charge is 2.26. The van der Waals surface area contributed by atoms with Crippen LogP contribution in [0.4, 0.5) is 0 Å². The van der Waals surface area contributed by atoms with Gasteiger partial charge in [0.1, 0.15) is 6.04 Å².